The van der Waals surface area contributed by atoms with Crippen LogP contribution in [0.25, 0.3) is 0 Å². The van der Waals surface area contributed by atoms with Crippen LogP contribution in [0.4, 0.5) is 0 Å². The van der Waals surface area contributed by atoms with Crippen molar-refractivity contribution in [2.24, 2.45) is 11.8 Å². The van der Waals surface area contributed by atoms with Gasteiger partial charge in [-0.3, -0.25) is 4.68 Å². The SMILES string of the molecule is CNCC1CCCC1Cc1ccn(C(C)C)n1. The number of nitrogens with one attached hydrogen (secondary N) is 1. The van der Waals surface area contributed by atoms with Crippen molar-refractivity contribution >= 4 is 0 Å². The standard InChI is InChI=1S/C14H25N3/c1-11(2)17-8-7-14(16-17)9-12-5-4-6-13(12)10-15-3/h7-8,11-13,15H,4-6,9-10H2,1-3H3. The third-order valence-corrected chi connectivity index (χ3v) is 3.95. The average Bonchev–Trinajstić information content (AvgIpc) is 2.90. The molecule has 0 spiro atoms. The van der Waals surface area contributed by atoms with Crippen LogP contribution >= 0.6 is 0 Å². The van der Waals surface area contributed by atoms with Gasteiger partial charge in [0.1, 0.15) is 0 Å². The Morgan fingerprint density at radius 3 is 2.82 bits per heavy atom. The molecule has 1 aromatic rings. The van der Waals surface area contributed by atoms with Gasteiger partial charge in [0.2, 0.25) is 0 Å². The van der Waals surface area contributed by atoms with Gasteiger partial charge < -0.3 is 5.32 Å². The lowest BCUT2D eigenvalue weighted by molar-refractivity contribution is 0.369. The van der Waals surface area contributed by atoms with E-state index >= 15 is 0 Å². The number of nitrogens with zero attached hydrogens (tertiary/aromatic N) is 2. The second-order valence-electron chi connectivity index (χ2n) is 5.59. The van der Waals surface area contributed by atoms with Crippen LogP contribution in [0.5, 0.6) is 0 Å². The molecule has 0 radical (unpaired) electrons. The van der Waals surface area contributed by atoms with E-state index in [1.807, 2.05) is 0 Å². The zero-order valence-electron chi connectivity index (χ0n) is 11.3. The predicted octanol–water partition coefficient (Wildman–Crippen LogP) is 2.64. The molecule has 96 valence electrons. The summed E-state index contributed by atoms with van der Waals surface area (Å²) in [5.74, 6) is 1.68. The fraction of sp³-hybridized carbons (Fsp3) is 0.786. The first-order valence-electron chi connectivity index (χ1n) is 6.89. The van der Waals surface area contributed by atoms with Crippen LogP contribution in [0.15, 0.2) is 12.3 Å². The van der Waals surface area contributed by atoms with Crippen LogP contribution in [0.3, 0.4) is 0 Å². The molecule has 17 heavy (non-hydrogen) atoms. The van der Waals surface area contributed by atoms with Gasteiger partial charge in [-0.15, -0.1) is 0 Å². The van der Waals surface area contributed by atoms with E-state index in [0.717, 1.165) is 24.8 Å². The molecule has 3 nitrogen and oxygen atoms in total. The summed E-state index contributed by atoms with van der Waals surface area (Å²) < 4.78 is 2.07. The van der Waals surface area contributed by atoms with Crippen molar-refractivity contribution < 1.29 is 0 Å². The highest BCUT2D eigenvalue weighted by Crippen LogP contribution is 2.33. The van der Waals surface area contributed by atoms with Gasteiger partial charge in [-0.25, -0.2) is 0 Å². The minimum absolute atomic E-state index is 0.473. The number of rotatable bonds is 5. The summed E-state index contributed by atoms with van der Waals surface area (Å²) in [5.41, 5.74) is 1.27. The zero-order chi connectivity index (χ0) is 12.3. The Hall–Kier alpha value is -0.830. The Balaban J connectivity index is 1.94. The number of hydrogen-bond donors (Lipinski definition) is 1. The molecule has 1 aliphatic rings. The Kier molecular flexibility index (Phi) is 4.21. The summed E-state index contributed by atoms with van der Waals surface area (Å²) in [4.78, 5) is 0. The Labute approximate surface area is 105 Å². The van der Waals surface area contributed by atoms with Crippen molar-refractivity contribution in [3.63, 3.8) is 0 Å². The lowest BCUT2D eigenvalue weighted by Gasteiger charge is -2.18. The van der Waals surface area contributed by atoms with E-state index in [0.29, 0.717) is 6.04 Å². The van der Waals surface area contributed by atoms with E-state index in [1.165, 1.54) is 25.0 Å². The summed E-state index contributed by atoms with van der Waals surface area (Å²) in [7, 11) is 2.06. The van der Waals surface area contributed by atoms with Crippen LogP contribution in [-0.4, -0.2) is 23.4 Å². The molecule has 0 amide bonds. The normalized spacial score (nSPS) is 24.7. The molecule has 0 saturated heterocycles. The molecular weight excluding hydrogens is 210 g/mol. The van der Waals surface area contributed by atoms with E-state index in [9.17, 15) is 0 Å². The van der Waals surface area contributed by atoms with Gasteiger partial charge >= 0.3 is 0 Å². The topological polar surface area (TPSA) is 29.9 Å². The lowest BCUT2D eigenvalue weighted by atomic mass is 9.91. The van der Waals surface area contributed by atoms with Crippen LogP contribution in [0, 0.1) is 11.8 Å². The van der Waals surface area contributed by atoms with E-state index in [-0.39, 0.29) is 0 Å². The van der Waals surface area contributed by atoms with Crippen LogP contribution < -0.4 is 5.32 Å². The maximum Gasteiger partial charge on any atom is 0.0627 e. The first-order valence-corrected chi connectivity index (χ1v) is 6.89. The highest BCUT2D eigenvalue weighted by atomic mass is 15.3. The van der Waals surface area contributed by atoms with Gasteiger partial charge in [0.05, 0.1) is 5.69 Å². The number of aromatic nitrogens is 2. The largest absolute Gasteiger partial charge is 0.319 e. The molecule has 2 unspecified atom stereocenters. The molecule has 3 heteroatoms. The fourth-order valence-corrected chi connectivity index (χ4v) is 2.96. The van der Waals surface area contributed by atoms with Gasteiger partial charge in [-0.2, -0.15) is 5.10 Å². The average molecular weight is 235 g/mol. The van der Waals surface area contributed by atoms with Gasteiger partial charge in [-0.1, -0.05) is 6.42 Å². The fourth-order valence-electron chi connectivity index (χ4n) is 2.96. The summed E-state index contributed by atoms with van der Waals surface area (Å²) in [6.45, 7) is 5.52. The number of hydrogen-bond acceptors (Lipinski definition) is 2. The molecule has 0 aromatic carbocycles. The molecule has 0 aliphatic heterocycles. The summed E-state index contributed by atoms with van der Waals surface area (Å²) in [6, 6.07) is 2.66. The highest BCUT2D eigenvalue weighted by Gasteiger charge is 2.27. The van der Waals surface area contributed by atoms with E-state index < -0.39 is 0 Å². The van der Waals surface area contributed by atoms with Crippen molar-refractivity contribution in [2.75, 3.05) is 13.6 Å². The monoisotopic (exact) mass is 235 g/mol. The molecule has 2 atom stereocenters. The first kappa shape index (κ1) is 12.6. The van der Waals surface area contributed by atoms with Crippen molar-refractivity contribution in [1.82, 2.24) is 15.1 Å². The first-order chi connectivity index (χ1) is 8.20. The second kappa shape index (κ2) is 5.67. The van der Waals surface area contributed by atoms with Gasteiger partial charge in [0.25, 0.3) is 0 Å². The molecular formula is C14H25N3. The molecule has 1 fully saturated rings. The lowest BCUT2D eigenvalue weighted by Crippen LogP contribution is -2.23. The van der Waals surface area contributed by atoms with E-state index in [2.05, 4.69) is 48.3 Å². The maximum absolute atomic E-state index is 4.66. The van der Waals surface area contributed by atoms with Crippen LogP contribution in [0.2, 0.25) is 0 Å². The van der Waals surface area contributed by atoms with Crippen molar-refractivity contribution in [3.05, 3.63) is 18.0 Å². The summed E-state index contributed by atoms with van der Waals surface area (Å²) in [6.07, 6.45) is 7.42. The zero-order valence-corrected chi connectivity index (χ0v) is 11.3. The van der Waals surface area contributed by atoms with Crippen molar-refractivity contribution in [2.45, 2.75) is 45.6 Å². The predicted molar refractivity (Wildman–Crippen MR) is 71.1 cm³/mol. The Bertz CT molecular complexity index is 343. The van der Waals surface area contributed by atoms with Gasteiger partial charge in [0.15, 0.2) is 0 Å². The van der Waals surface area contributed by atoms with Crippen molar-refractivity contribution in [3.8, 4) is 0 Å². The van der Waals surface area contributed by atoms with E-state index in [4.69, 9.17) is 0 Å². The Morgan fingerprint density at radius 2 is 2.18 bits per heavy atom. The second-order valence-corrected chi connectivity index (χ2v) is 5.59. The Morgan fingerprint density at radius 1 is 1.41 bits per heavy atom. The van der Waals surface area contributed by atoms with Gasteiger partial charge in [-0.05, 0) is 64.6 Å². The molecule has 2 rings (SSSR count). The third kappa shape index (κ3) is 3.09. The summed E-state index contributed by atoms with van der Waals surface area (Å²) >= 11 is 0. The van der Waals surface area contributed by atoms with Crippen LogP contribution in [0.1, 0.15) is 44.8 Å². The van der Waals surface area contributed by atoms with Gasteiger partial charge in [0, 0.05) is 12.2 Å². The smallest absolute Gasteiger partial charge is 0.0627 e. The minimum Gasteiger partial charge on any atom is -0.319 e. The molecule has 1 heterocycles. The molecule has 1 N–H and O–H groups in total. The molecule has 1 aromatic heterocycles. The van der Waals surface area contributed by atoms with E-state index in [1.54, 1.807) is 0 Å². The molecule has 0 bridgehead atoms. The third-order valence-electron chi connectivity index (χ3n) is 3.95. The summed E-state index contributed by atoms with van der Waals surface area (Å²) in [5, 5.41) is 7.99. The highest BCUT2D eigenvalue weighted by molar-refractivity contribution is 5.02. The van der Waals surface area contributed by atoms with Crippen LogP contribution in [-0.2, 0) is 6.42 Å². The molecule has 1 saturated carbocycles. The van der Waals surface area contributed by atoms with Crippen molar-refractivity contribution in [1.29, 1.82) is 0 Å². The molecule has 1 aliphatic carbocycles. The minimum atomic E-state index is 0.473. The quantitative estimate of drug-likeness (QED) is 0.850. The maximum atomic E-state index is 4.66.